The van der Waals surface area contributed by atoms with Crippen molar-refractivity contribution in [2.75, 3.05) is 4.90 Å². The van der Waals surface area contributed by atoms with Crippen LogP contribution in [-0.2, 0) is 17.0 Å². The Morgan fingerprint density at radius 2 is 2.00 bits per heavy atom. The van der Waals surface area contributed by atoms with Crippen molar-refractivity contribution in [1.29, 1.82) is 0 Å². The molecule has 2 heterocycles. The van der Waals surface area contributed by atoms with Gasteiger partial charge in [0.05, 0.1) is 21.4 Å². The van der Waals surface area contributed by atoms with Gasteiger partial charge in [-0.3, -0.25) is 9.69 Å². The molecule has 0 fully saturated rings. The molecule has 0 saturated carbocycles. The molecule has 0 N–H and O–H groups in total. The van der Waals surface area contributed by atoms with Crippen LogP contribution in [0.4, 0.5) is 10.8 Å². The largest absolute Gasteiger partial charge is 0.274 e. The lowest BCUT2D eigenvalue weighted by atomic mass is 10.1. The van der Waals surface area contributed by atoms with Gasteiger partial charge in [-0.15, -0.1) is 23.1 Å². The van der Waals surface area contributed by atoms with Crippen LogP contribution in [0.25, 0.3) is 0 Å². The Balaban J connectivity index is 1.74. The highest BCUT2D eigenvalue weighted by Gasteiger charge is 2.18. The molecule has 26 heavy (non-hydrogen) atoms. The molecule has 0 unspecified atom stereocenters. The van der Waals surface area contributed by atoms with E-state index in [0.717, 1.165) is 22.8 Å². The second-order valence-electron chi connectivity index (χ2n) is 5.60. The summed E-state index contributed by atoms with van der Waals surface area (Å²) in [6.07, 6.45) is 2.60. The van der Waals surface area contributed by atoms with Crippen molar-refractivity contribution < 1.29 is 4.79 Å². The van der Waals surface area contributed by atoms with E-state index in [1.165, 1.54) is 16.9 Å². The van der Waals surface area contributed by atoms with Crippen LogP contribution < -0.4 is 4.90 Å². The van der Waals surface area contributed by atoms with Gasteiger partial charge in [0.2, 0.25) is 5.91 Å². The number of carbonyl (C=O) groups excluding carboxylic acids is 1. The van der Waals surface area contributed by atoms with Gasteiger partial charge in [-0.25, -0.2) is 9.97 Å². The number of hydrogen-bond donors (Lipinski definition) is 0. The zero-order valence-electron chi connectivity index (χ0n) is 14.5. The zero-order valence-corrected chi connectivity index (χ0v) is 16.9. The Hall–Kier alpha value is -1.89. The maximum Gasteiger partial charge on any atom is 0.230 e. The molecule has 0 aliphatic heterocycles. The minimum Gasteiger partial charge on any atom is -0.274 e. The molecular formula is C19H18ClN3OS2. The molecular weight excluding hydrogens is 386 g/mol. The van der Waals surface area contributed by atoms with Gasteiger partial charge < -0.3 is 0 Å². The van der Waals surface area contributed by atoms with Crippen LogP contribution in [0.1, 0.15) is 25.1 Å². The average molecular weight is 404 g/mol. The predicted molar refractivity (Wildman–Crippen MR) is 110 cm³/mol. The van der Waals surface area contributed by atoms with Gasteiger partial charge in [0, 0.05) is 24.3 Å². The molecule has 2 aromatic heterocycles. The summed E-state index contributed by atoms with van der Waals surface area (Å²) in [5, 5.41) is 4.18. The summed E-state index contributed by atoms with van der Waals surface area (Å²) in [5.41, 5.74) is 3.00. The molecule has 3 rings (SSSR count). The lowest BCUT2D eigenvalue weighted by Gasteiger charge is -2.18. The van der Waals surface area contributed by atoms with E-state index >= 15 is 0 Å². The topological polar surface area (TPSA) is 46.1 Å². The maximum atomic E-state index is 12.2. The summed E-state index contributed by atoms with van der Waals surface area (Å²) in [4.78, 5) is 22.7. The molecule has 0 saturated heterocycles. The smallest absolute Gasteiger partial charge is 0.230 e. The molecule has 1 amide bonds. The number of anilines is 2. The summed E-state index contributed by atoms with van der Waals surface area (Å²) in [6.45, 7) is 3.67. The second-order valence-corrected chi connectivity index (χ2v) is 7.87. The molecule has 4 nitrogen and oxygen atoms in total. The number of aromatic nitrogens is 2. The van der Waals surface area contributed by atoms with E-state index in [9.17, 15) is 4.79 Å². The van der Waals surface area contributed by atoms with E-state index in [2.05, 4.69) is 16.9 Å². The third-order valence-electron chi connectivity index (χ3n) is 3.72. The lowest BCUT2D eigenvalue weighted by molar-refractivity contribution is -0.115. The first-order valence-corrected chi connectivity index (χ1v) is 10.4. The van der Waals surface area contributed by atoms with Crippen molar-refractivity contribution in [2.45, 2.75) is 31.0 Å². The molecule has 0 spiro atoms. The number of thiazole rings is 1. The van der Waals surface area contributed by atoms with Crippen LogP contribution >= 0.6 is 34.7 Å². The van der Waals surface area contributed by atoms with E-state index in [1.54, 1.807) is 29.8 Å². The fourth-order valence-corrected chi connectivity index (χ4v) is 4.21. The number of benzene rings is 1. The number of rotatable bonds is 6. The van der Waals surface area contributed by atoms with Gasteiger partial charge in [0.1, 0.15) is 0 Å². The standard InChI is InChI=1S/C19H18ClN3OS2/c1-3-14-4-7-17(8-5-14)23(13(2)24)19-22-16(12-26-19)11-25-18-9-6-15(20)10-21-18/h4-10,12H,3,11H2,1-2H3. The van der Waals surface area contributed by atoms with Gasteiger partial charge in [-0.05, 0) is 36.2 Å². The maximum absolute atomic E-state index is 12.2. The molecule has 3 aromatic rings. The molecule has 0 aliphatic rings. The van der Waals surface area contributed by atoms with Crippen LogP contribution in [0.2, 0.25) is 5.02 Å². The van der Waals surface area contributed by atoms with Crippen molar-refractivity contribution in [1.82, 2.24) is 9.97 Å². The number of nitrogens with zero attached hydrogens (tertiary/aromatic N) is 3. The molecule has 0 bridgehead atoms. The van der Waals surface area contributed by atoms with Crippen molar-refractivity contribution in [3.8, 4) is 0 Å². The summed E-state index contributed by atoms with van der Waals surface area (Å²) in [6, 6.07) is 11.7. The minimum absolute atomic E-state index is 0.0535. The summed E-state index contributed by atoms with van der Waals surface area (Å²) >= 11 is 8.91. The highest BCUT2D eigenvalue weighted by atomic mass is 35.5. The van der Waals surface area contributed by atoms with Crippen molar-refractivity contribution in [3.63, 3.8) is 0 Å². The third-order valence-corrected chi connectivity index (χ3v) is 5.79. The van der Waals surface area contributed by atoms with Crippen LogP contribution in [0, 0.1) is 0 Å². The normalized spacial score (nSPS) is 10.7. The Bertz CT molecular complexity index is 879. The van der Waals surface area contributed by atoms with Crippen molar-refractivity contribution >= 4 is 51.4 Å². The number of hydrogen-bond acceptors (Lipinski definition) is 5. The summed E-state index contributed by atoms with van der Waals surface area (Å²) in [7, 11) is 0. The number of pyridine rings is 1. The van der Waals surface area contributed by atoms with Crippen LogP contribution in [-0.4, -0.2) is 15.9 Å². The monoisotopic (exact) mass is 403 g/mol. The van der Waals surface area contributed by atoms with Gasteiger partial charge in [-0.1, -0.05) is 30.7 Å². The number of halogens is 1. The lowest BCUT2D eigenvalue weighted by Crippen LogP contribution is -2.22. The van der Waals surface area contributed by atoms with Crippen LogP contribution in [0.15, 0.2) is 53.0 Å². The van der Waals surface area contributed by atoms with Gasteiger partial charge in [0.15, 0.2) is 5.13 Å². The molecule has 0 aliphatic carbocycles. The minimum atomic E-state index is -0.0535. The molecule has 1 aromatic carbocycles. The Morgan fingerprint density at radius 3 is 2.62 bits per heavy atom. The number of amides is 1. The van der Waals surface area contributed by atoms with E-state index < -0.39 is 0 Å². The van der Waals surface area contributed by atoms with Crippen molar-refractivity contribution in [2.24, 2.45) is 0 Å². The second kappa shape index (κ2) is 8.66. The van der Waals surface area contributed by atoms with E-state index in [-0.39, 0.29) is 5.91 Å². The first-order valence-electron chi connectivity index (χ1n) is 8.15. The molecule has 0 atom stereocenters. The first-order chi connectivity index (χ1) is 12.6. The first kappa shape index (κ1) is 18.9. The number of aryl methyl sites for hydroxylation is 1. The Morgan fingerprint density at radius 1 is 1.23 bits per heavy atom. The number of thioether (sulfide) groups is 1. The molecule has 7 heteroatoms. The van der Waals surface area contributed by atoms with Crippen molar-refractivity contribution in [3.05, 3.63) is 64.3 Å². The highest BCUT2D eigenvalue weighted by molar-refractivity contribution is 7.98. The fourth-order valence-electron chi connectivity index (χ4n) is 2.37. The fraction of sp³-hybridized carbons (Fsp3) is 0.211. The van der Waals surface area contributed by atoms with Crippen LogP contribution in [0.3, 0.4) is 0 Å². The van der Waals surface area contributed by atoms with E-state index in [1.807, 2.05) is 41.8 Å². The Kier molecular flexibility index (Phi) is 6.29. The predicted octanol–water partition coefficient (Wildman–Crippen LogP) is 5.73. The number of carbonyl (C=O) groups is 1. The molecule has 134 valence electrons. The van der Waals surface area contributed by atoms with Gasteiger partial charge >= 0.3 is 0 Å². The van der Waals surface area contributed by atoms with Crippen LogP contribution in [0.5, 0.6) is 0 Å². The van der Waals surface area contributed by atoms with Gasteiger partial charge in [-0.2, -0.15) is 0 Å². The Labute approximate surface area is 166 Å². The van der Waals surface area contributed by atoms with E-state index in [0.29, 0.717) is 15.9 Å². The highest BCUT2D eigenvalue weighted by Crippen LogP contribution is 2.31. The SMILES string of the molecule is CCc1ccc(N(C(C)=O)c2nc(CSc3ccc(Cl)cn3)cs2)cc1. The van der Waals surface area contributed by atoms with E-state index in [4.69, 9.17) is 11.6 Å². The quantitative estimate of drug-likeness (QED) is 0.493. The molecule has 0 radical (unpaired) electrons. The average Bonchev–Trinajstić information content (AvgIpc) is 3.10. The third kappa shape index (κ3) is 4.63. The summed E-state index contributed by atoms with van der Waals surface area (Å²) < 4.78 is 0. The van der Waals surface area contributed by atoms with Gasteiger partial charge in [0.25, 0.3) is 0 Å². The zero-order chi connectivity index (χ0) is 18.5. The summed E-state index contributed by atoms with van der Waals surface area (Å²) in [5.74, 6) is 0.633.